The zero-order valence-electron chi connectivity index (χ0n) is 14.5. The lowest BCUT2D eigenvalue weighted by molar-refractivity contribution is -0.122. The molecule has 0 bridgehead atoms. The molecule has 23 heavy (non-hydrogen) atoms. The Labute approximate surface area is 142 Å². The molecule has 1 rings (SSSR count). The molecule has 1 aromatic carbocycles. The predicted molar refractivity (Wildman–Crippen MR) is 96.5 cm³/mol. The lowest BCUT2D eigenvalue weighted by atomic mass is 9.88. The molecule has 0 aliphatic rings. The largest absolute Gasteiger partial charge is 0.348 e. The minimum Gasteiger partial charge on any atom is -0.348 e. The zero-order chi connectivity index (χ0) is 17.6. The second kappa shape index (κ2) is 8.36. The fourth-order valence-corrected chi connectivity index (χ4v) is 2.76. The summed E-state index contributed by atoms with van der Waals surface area (Å²) in [6, 6.07) is 7.44. The van der Waals surface area contributed by atoms with Gasteiger partial charge in [0.2, 0.25) is 11.8 Å². The second-order valence-corrected chi connectivity index (χ2v) is 7.65. The molecular weight excluding hydrogens is 310 g/mol. The molecular formula is C17H27N3O2S. The highest BCUT2D eigenvalue weighted by atomic mass is 32.2. The molecule has 0 fully saturated rings. The first kappa shape index (κ1) is 19.5. The number of nitrogens with two attached hydrogens (primary N) is 1. The van der Waals surface area contributed by atoms with Gasteiger partial charge in [0.25, 0.3) is 0 Å². The van der Waals surface area contributed by atoms with Gasteiger partial charge in [-0.1, -0.05) is 13.8 Å². The first-order valence-corrected chi connectivity index (χ1v) is 8.62. The van der Waals surface area contributed by atoms with Crippen LogP contribution < -0.4 is 16.4 Å². The number of nitrogens with one attached hydrogen (secondary N) is 2. The van der Waals surface area contributed by atoms with E-state index in [-0.39, 0.29) is 23.0 Å². The third-order valence-corrected chi connectivity index (χ3v) is 5.08. The summed E-state index contributed by atoms with van der Waals surface area (Å²) < 4.78 is 0. The van der Waals surface area contributed by atoms with E-state index in [1.165, 1.54) is 18.7 Å². The number of anilines is 1. The van der Waals surface area contributed by atoms with E-state index in [1.54, 1.807) is 0 Å². The molecule has 0 aromatic heterocycles. The Morgan fingerprint density at radius 2 is 1.78 bits per heavy atom. The molecule has 2 unspecified atom stereocenters. The highest BCUT2D eigenvalue weighted by molar-refractivity contribution is 8.00. The van der Waals surface area contributed by atoms with Crippen LogP contribution in [0.3, 0.4) is 0 Å². The van der Waals surface area contributed by atoms with Crippen LogP contribution in [0.25, 0.3) is 0 Å². The SMILES string of the molecule is CC(=O)Nc1ccc(SC(C)C(=O)NC(C)(CN)C(C)C)cc1. The van der Waals surface area contributed by atoms with Gasteiger partial charge in [-0.15, -0.1) is 11.8 Å². The van der Waals surface area contributed by atoms with Crippen LogP contribution in [0.2, 0.25) is 0 Å². The molecule has 5 nitrogen and oxygen atoms in total. The lowest BCUT2D eigenvalue weighted by Gasteiger charge is -2.34. The van der Waals surface area contributed by atoms with Gasteiger partial charge in [-0.05, 0) is 44.0 Å². The van der Waals surface area contributed by atoms with E-state index in [0.29, 0.717) is 6.54 Å². The van der Waals surface area contributed by atoms with Crippen molar-refractivity contribution in [3.63, 3.8) is 0 Å². The second-order valence-electron chi connectivity index (χ2n) is 6.23. The van der Waals surface area contributed by atoms with Crippen molar-refractivity contribution in [2.45, 2.75) is 50.3 Å². The highest BCUT2D eigenvalue weighted by Gasteiger charge is 2.30. The maximum absolute atomic E-state index is 12.4. The number of amides is 2. The third kappa shape index (κ3) is 5.88. The van der Waals surface area contributed by atoms with Gasteiger partial charge in [0.1, 0.15) is 0 Å². The van der Waals surface area contributed by atoms with E-state index in [9.17, 15) is 9.59 Å². The van der Waals surface area contributed by atoms with Crippen molar-refractivity contribution < 1.29 is 9.59 Å². The summed E-state index contributed by atoms with van der Waals surface area (Å²) in [5.41, 5.74) is 6.15. The Bertz CT molecular complexity index is 545. The van der Waals surface area contributed by atoms with Crippen LogP contribution in [-0.2, 0) is 9.59 Å². The van der Waals surface area contributed by atoms with Gasteiger partial charge >= 0.3 is 0 Å². The molecule has 2 atom stereocenters. The molecule has 0 saturated heterocycles. The van der Waals surface area contributed by atoms with Crippen LogP contribution in [-0.4, -0.2) is 29.1 Å². The van der Waals surface area contributed by atoms with Gasteiger partial charge in [0, 0.05) is 24.1 Å². The maximum atomic E-state index is 12.4. The van der Waals surface area contributed by atoms with E-state index in [0.717, 1.165) is 10.6 Å². The molecule has 4 N–H and O–H groups in total. The van der Waals surface area contributed by atoms with Gasteiger partial charge in [-0.25, -0.2) is 0 Å². The average molecular weight is 337 g/mol. The van der Waals surface area contributed by atoms with Crippen LogP contribution in [0.1, 0.15) is 34.6 Å². The van der Waals surface area contributed by atoms with Gasteiger partial charge in [-0.3, -0.25) is 9.59 Å². The normalized spacial score (nSPS) is 14.9. The number of carbonyl (C=O) groups excluding carboxylic acids is 2. The van der Waals surface area contributed by atoms with E-state index >= 15 is 0 Å². The number of carbonyl (C=O) groups is 2. The molecule has 0 saturated carbocycles. The van der Waals surface area contributed by atoms with Crippen LogP contribution in [0, 0.1) is 5.92 Å². The molecule has 1 aromatic rings. The number of hydrogen-bond donors (Lipinski definition) is 3. The van der Waals surface area contributed by atoms with Crippen molar-refractivity contribution in [2.75, 3.05) is 11.9 Å². The fraction of sp³-hybridized carbons (Fsp3) is 0.529. The van der Waals surface area contributed by atoms with Crippen LogP contribution >= 0.6 is 11.8 Å². The Kier molecular flexibility index (Phi) is 7.09. The summed E-state index contributed by atoms with van der Waals surface area (Å²) in [4.78, 5) is 24.4. The van der Waals surface area contributed by atoms with Crippen molar-refractivity contribution in [3.8, 4) is 0 Å². The molecule has 0 aliphatic carbocycles. The van der Waals surface area contributed by atoms with E-state index in [4.69, 9.17) is 5.73 Å². The summed E-state index contributed by atoms with van der Waals surface area (Å²) >= 11 is 1.48. The standard InChI is InChI=1S/C17H27N3O2S/c1-11(2)17(5,10-18)20-16(22)12(3)23-15-8-6-14(7-9-15)19-13(4)21/h6-9,11-12H,10,18H2,1-5H3,(H,19,21)(H,20,22). The van der Waals surface area contributed by atoms with Crippen LogP contribution in [0.15, 0.2) is 29.2 Å². The van der Waals surface area contributed by atoms with E-state index < -0.39 is 5.54 Å². The van der Waals surface area contributed by atoms with Crippen molar-refractivity contribution in [3.05, 3.63) is 24.3 Å². The first-order chi connectivity index (χ1) is 10.7. The van der Waals surface area contributed by atoms with E-state index in [1.807, 2.05) is 52.0 Å². The summed E-state index contributed by atoms with van der Waals surface area (Å²) in [5, 5.41) is 5.55. The van der Waals surface area contributed by atoms with Crippen molar-refractivity contribution >= 4 is 29.3 Å². The smallest absolute Gasteiger partial charge is 0.233 e. The van der Waals surface area contributed by atoms with Crippen LogP contribution in [0.4, 0.5) is 5.69 Å². The molecule has 128 valence electrons. The van der Waals surface area contributed by atoms with Gasteiger partial charge < -0.3 is 16.4 Å². The van der Waals surface area contributed by atoms with Gasteiger partial charge in [-0.2, -0.15) is 0 Å². The quantitative estimate of drug-likeness (QED) is 0.668. The minimum atomic E-state index is -0.402. The Morgan fingerprint density at radius 3 is 2.22 bits per heavy atom. The highest BCUT2D eigenvalue weighted by Crippen LogP contribution is 2.26. The Morgan fingerprint density at radius 1 is 1.22 bits per heavy atom. The predicted octanol–water partition coefficient (Wildman–Crippen LogP) is 2.62. The topological polar surface area (TPSA) is 84.2 Å². The first-order valence-electron chi connectivity index (χ1n) is 7.74. The maximum Gasteiger partial charge on any atom is 0.233 e. The van der Waals surface area contributed by atoms with E-state index in [2.05, 4.69) is 10.6 Å². The molecule has 0 heterocycles. The molecule has 0 aliphatic heterocycles. The number of hydrogen-bond acceptors (Lipinski definition) is 4. The number of benzene rings is 1. The van der Waals surface area contributed by atoms with Crippen molar-refractivity contribution in [1.29, 1.82) is 0 Å². The lowest BCUT2D eigenvalue weighted by Crippen LogP contribution is -2.56. The van der Waals surface area contributed by atoms with Gasteiger partial charge in [0.05, 0.1) is 10.8 Å². The average Bonchev–Trinajstić information content (AvgIpc) is 2.48. The fourth-order valence-electron chi connectivity index (χ4n) is 1.89. The third-order valence-electron chi connectivity index (χ3n) is 3.96. The van der Waals surface area contributed by atoms with Crippen LogP contribution in [0.5, 0.6) is 0 Å². The summed E-state index contributed by atoms with van der Waals surface area (Å²) in [6.07, 6.45) is 0. The molecule has 0 radical (unpaired) electrons. The summed E-state index contributed by atoms with van der Waals surface area (Å²) in [6.45, 7) is 9.81. The molecule has 6 heteroatoms. The number of thioether (sulfide) groups is 1. The van der Waals surface area contributed by atoms with Gasteiger partial charge in [0.15, 0.2) is 0 Å². The molecule has 2 amide bonds. The Balaban J connectivity index is 2.66. The molecule has 0 spiro atoms. The Hall–Kier alpha value is -1.53. The monoisotopic (exact) mass is 337 g/mol. The summed E-state index contributed by atoms with van der Waals surface area (Å²) in [5.74, 6) is 0.126. The number of rotatable bonds is 7. The minimum absolute atomic E-state index is 0.0254. The zero-order valence-corrected chi connectivity index (χ0v) is 15.3. The summed E-state index contributed by atoms with van der Waals surface area (Å²) in [7, 11) is 0. The van der Waals surface area contributed by atoms with Crippen molar-refractivity contribution in [1.82, 2.24) is 5.32 Å². The van der Waals surface area contributed by atoms with Crippen molar-refractivity contribution in [2.24, 2.45) is 11.7 Å².